The molecule has 1 heterocycles. The average molecular weight is 353 g/mol. The van der Waals surface area contributed by atoms with E-state index in [1.165, 1.54) is 0 Å². The zero-order valence-electron chi connectivity index (χ0n) is 13.9. The van der Waals surface area contributed by atoms with E-state index < -0.39 is 6.10 Å². The third-order valence-corrected chi connectivity index (χ3v) is 4.85. The van der Waals surface area contributed by atoms with E-state index in [9.17, 15) is 9.59 Å². The highest BCUT2D eigenvalue weighted by molar-refractivity contribution is 7.07. The number of benzene rings is 2. The van der Waals surface area contributed by atoms with Gasteiger partial charge in [0.1, 0.15) is 0 Å². The molecular weight excluding hydrogens is 334 g/mol. The van der Waals surface area contributed by atoms with Crippen LogP contribution in [0.15, 0.2) is 70.8 Å². The van der Waals surface area contributed by atoms with Gasteiger partial charge in [-0.1, -0.05) is 72.0 Å². The van der Waals surface area contributed by atoms with E-state index in [1.54, 1.807) is 9.95 Å². The number of hydrogen-bond acceptors (Lipinski definition) is 4. The van der Waals surface area contributed by atoms with Gasteiger partial charge in [-0.05, 0) is 18.1 Å². The Balaban J connectivity index is 1.74. The van der Waals surface area contributed by atoms with Crippen molar-refractivity contribution in [3.8, 4) is 0 Å². The Morgan fingerprint density at radius 3 is 2.08 bits per heavy atom. The summed E-state index contributed by atoms with van der Waals surface area (Å²) < 4.78 is 7.35. The first-order valence-electron chi connectivity index (χ1n) is 8.09. The largest absolute Gasteiger partial charge is 0.452 e. The molecule has 3 aromatic rings. The topological polar surface area (TPSA) is 48.3 Å². The van der Waals surface area contributed by atoms with Crippen LogP contribution in [0.3, 0.4) is 0 Å². The Labute approximate surface area is 150 Å². The van der Waals surface area contributed by atoms with Gasteiger partial charge in [-0.3, -0.25) is 9.59 Å². The van der Waals surface area contributed by atoms with Crippen molar-refractivity contribution in [2.45, 2.75) is 26.0 Å². The van der Waals surface area contributed by atoms with Crippen LogP contribution in [0.1, 0.15) is 29.3 Å². The molecule has 0 aliphatic carbocycles. The average Bonchev–Trinajstić information content (AvgIpc) is 2.97. The molecule has 5 heteroatoms. The number of nitrogens with zero attached hydrogens (tertiary/aromatic N) is 1. The summed E-state index contributed by atoms with van der Waals surface area (Å²) in [6, 6.07) is 19.3. The Hall–Kier alpha value is -2.66. The number of ether oxygens (including phenoxy) is 1. The molecular formula is C20H19NO3S. The maximum atomic E-state index is 12.4. The predicted molar refractivity (Wildman–Crippen MR) is 98.8 cm³/mol. The summed E-state index contributed by atoms with van der Waals surface area (Å²) in [6.07, 6.45) is -0.289. The Bertz CT molecular complexity index is 845. The molecule has 0 saturated carbocycles. The smallest absolute Gasteiger partial charge is 0.308 e. The molecule has 0 aliphatic rings. The zero-order chi connectivity index (χ0) is 17.6. The SMILES string of the molecule is Cc1csc(=O)n1CCC(=O)OC(c1ccccc1)c1ccccc1. The van der Waals surface area contributed by atoms with Crippen LogP contribution in [0.25, 0.3) is 0 Å². The molecule has 0 aliphatic heterocycles. The highest BCUT2D eigenvalue weighted by Gasteiger charge is 2.19. The second kappa shape index (κ2) is 7.94. The van der Waals surface area contributed by atoms with E-state index in [-0.39, 0.29) is 17.3 Å². The van der Waals surface area contributed by atoms with Crippen LogP contribution in [0.2, 0.25) is 0 Å². The molecule has 0 radical (unpaired) electrons. The summed E-state index contributed by atoms with van der Waals surface area (Å²) in [6.45, 7) is 2.20. The maximum absolute atomic E-state index is 12.4. The Kier molecular flexibility index (Phi) is 5.46. The molecule has 0 amide bonds. The second-order valence-corrected chi connectivity index (χ2v) is 6.56. The minimum absolute atomic E-state index is 0.0482. The standard InChI is InChI=1S/C20H19NO3S/c1-15-14-25-20(23)21(15)13-12-18(22)24-19(16-8-4-2-5-9-16)17-10-6-3-7-11-17/h2-11,14,19H,12-13H2,1H3. The molecule has 25 heavy (non-hydrogen) atoms. The first-order valence-corrected chi connectivity index (χ1v) is 8.97. The van der Waals surface area contributed by atoms with Crippen molar-refractivity contribution in [2.24, 2.45) is 0 Å². The van der Waals surface area contributed by atoms with Gasteiger partial charge in [0.2, 0.25) is 0 Å². The normalized spacial score (nSPS) is 10.8. The minimum atomic E-state index is -0.449. The fraction of sp³-hybridized carbons (Fsp3) is 0.200. The molecule has 0 N–H and O–H groups in total. The predicted octanol–water partition coefficient (Wildman–Crippen LogP) is 3.94. The van der Waals surface area contributed by atoms with Gasteiger partial charge in [0.05, 0.1) is 6.42 Å². The van der Waals surface area contributed by atoms with E-state index in [0.29, 0.717) is 6.54 Å². The summed E-state index contributed by atoms with van der Waals surface area (Å²) in [5, 5.41) is 1.80. The molecule has 0 saturated heterocycles. The van der Waals surface area contributed by atoms with Gasteiger partial charge < -0.3 is 9.30 Å². The second-order valence-electron chi connectivity index (χ2n) is 5.74. The summed E-state index contributed by atoms with van der Waals surface area (Å²) in [4.78, 5) is 24.1. The molecule has 4 nitrogen and oxygen atoms in total. The maximum Gasteiger partial charge on any atom is 0.308 e. The van der Waals surface area contributed by atoms with Crippen LogP contribution in [-0.2, 0) is 16.1 Å². The van der Waals surface area contributed by atoms with Gasteiger partial charge in [0.25, 0.3) is 0 Å². The molecule has 2 aromatic carbocycles. The van der Waals surface area contributed by atoms with Crippen LogP contribution in [0, 0.1) is 6.92 Å². The third-order valence-electron chi connectivity index (χ3n) is 3.97. The number of carbonyl (C=O) groups excluding carboxylic acids is 1. The highest BCUT2D eigenvalue weighted by atomic mass is 32.1. The summed E-state index contributed by atoms with van der Waals surface area (Å²) in [7, 11) is 0. The quantitative estimate of drug-likeness (QED) is 0.631. The molecule has 0 bridgehead atoms. The van der Waals surface area contributed by atoms with Gasteiger partial charge in [-0.2, -0.15) is 0 Å². The van der Waals surface area contributed by atoms with Gasteiger partial charge in [0, 0.05) is 17.6 Å². The number of rotatable bonds is 6. The minimum Gasteiger partial charge on any atom is -0.452 e. The summed E-state index contributed by atoms with van der Waals surface area (Å²) >= 11 is 1.15. The van der Waals surface area contributed by atoms with Crippen molar-refractivity contribution in [3.05, 3.63) is 92.5 Å². The monoisotopic (exact) mass is 353 g/mol. The van der Waals surface area contributed by atoms with Crippen LogP contribution >= 0.6 is 11.3 Å². The van der Waals surface area contributed by atoms with Gasteiger partial charge in [-0.25, -0.2) is 0 Å². The highest BCUT2D eigenvalue weighted by Crippen LogP contribution is 2.26. The van der Waals surface area contributed by atoms with E-state index in [1.807, 2.05) is 67.6 Å². The van der Waals surface area contributed by atoms with Crippen molar-refractivity contribution >= 4 is 17.3 Å². The Morgan fingerprint density at radius 1 is 1.04 bits per heavy atom. The van der Waals surface area contributed by atoms with E-state index in [0.717, 1.165) is 28.2 Å². The van der Waals surface area contributed by atoms with E-state index in [2.05, 4.69) is 0 Å². The molecule has 1 aromatic heterocycles. The van der Waals surface area contributed by atoms with Gasteiger partial charge in [-0.15, -0.1) is 0 Å². The summed E-state index contributed by atoms with van der Waals surface area (Å²) in [5.41, 5.74) is 2.71. The number of aromatic nitrogens is 1. The lowest BCUT2D eigenvalue weighted by molar-refractivity contribution is -0.147. The first-order chi connectivity index (χ1) is 12.1. The van der Waals surface area contributed by atoms with Crippen molar-refractivity contribution in [3.63, 3.8) is 0 Å². The van der Waals surface area contributed by atoms with Gasteiger partial charge in [0.15, 0.2) is 6.10 Å². The number of hydrogen-bond donors (Lipinski definition) is 0. The summed E-state index contributed by atoms with van der Waals surface area (Å²) in [5.74, 6) is -0.324. The molecule has 0 fully saturated rings. The fourth-order valence-corrected chi connectivity index (χ4v) is 3.41. The van der Waals surface area contributed by atoms with Crippen molar-refractivity contribution < 1.29 is 9.53 Å². The van der Waals surface area contributed by atoms with Crippen LogP contribution < -0.4 is 4.87 Å². The van der Waals surface area contributed by atoms with E-state index in [4.69, 9.17) is 4.74 Å². The van der Waals surface area contributed by atoms with Crippen molar-refractivity contribution in [1.29, 1.82) is 0 Å². The lowest BCUT2D eigenvalue weighted by atomic mass is 10.0. The first kappa shape index (κ1) is 17.2. The molecule has 0 unspecified atom stereocenters. The molecule has 0 atom stereocenters. The number of aryl methyl sites for hydroxylation is 1. The molecule has 128 valence electrons. The molecule has 0 spiro atoms. The zero-order valence-corrected chi connectivity index (χ0v) is 14.7. The van der Waals surface area contributed by atoms with Crippen molar-refractivity contribution in [1.82, 2.24) is 4.57 Å². The lowest BCUT2D eigenvalue weighted by Gasteiger charge is -2.19. The lowest BCUT2D eigenvalue weighted by Crippen LogP contribution is -2.19. The van der Waals surface area contributed by atoms with Crippen LogP contribution in [0.4, 0.5) is 0 Å². The van der Waals surface area contributed by atoms with Crippen LogP contribution in [0.5, 0.6) is 0 Å². The number of thiazole rings is 1. The Morgan fingerprint density at radius 2 is 1.60 bits per heavy atom. The van der Waals surface area contributed by atoms with Gasteiger partial charge >= 0.3 is 10.8 Å². The third kappa shape index (κ3) is 4.25. The van der Waals surface area contributed by atoms with Crippen LogP contribution in [-0.4, -0.2) is 10.5 Å². The van der Waals surface area contributed by atoms with E-state index >= 15 is 0 Å². The molecule has 3 rings (SSSR count). The van der Waals surface area contributed by atoms with Crippen molar-refractivity contribution in [2.75, 3.05) is 0 Å². The number of esters is 1. The number of carbonyl (C=O) groups is 1. The fourth-order valence-electron chi connectivity index (χ4n) is 2.65.